The number of rotatable bonds is 0. The van der Waals surface area contributed by atoms with E-state index < -0.39 is 9.84 Å². The Hall–Kier alpha value is -0.980. The molecule has 0 fully saturated rings. The number of carbonyl (C=O) groups excluding carboxylic acids is 1. The highest BCUT2D eigenvalue weighted by molar-refractivity contribution is 9.10. The zero-order chi connectivity index (χ0) is 13.8. The zero-order valence-electron chi connectivity index (χ0n) is 9.35. The van der Waals surface area contributed by atoms with Gasteiger partial charge in [0, 0.05) is 20.1 Å². The van der Waals surface area contributed by atoms with Crippen molar-refractivity contribution in [3.05, 3.63) is 56.5 Å². The second-order valence-electron chi connectivity index (χ2n) is 4.11. The van der Waals surface area contributed by atoms with E-state index in [9.17, 15) is 13.2 Å². The minimum absolute atomic E-state index is 0.0653. The molecule has 0 unspecified atom stereocenters. The lowest BCUT2D eigenvalue weighted by atomic mass is 10.0. The molecule has 2 aromatic carbocycles. The lowest BCUT2D eigenvalue weighted by Crippen LogP contribution is -2.20. The topological polar surface area (TPSA) is 51.2 Å². The third kappa shape index (κ3) is 1.89. The Morgan fingerprint density at radius 2 is 1.21 bits per heavy atom. The first-order valence-corrected chi connectivity index (χ1v) is 8.37. The summed E-state index contributed by atoms with van der Waals surface area (Å²) in [4.78, 5) is 12.5. The number of hydrogen-bond acceptors (Lipinski definition) is 3. The van der Waals surface area contributed by atoms with Gasteiger partial charge in [0.2, 0.25) is 9.84 Å². The molecule has 1 heterocycles. The first-order chi connectivity index (χ1) is 8.91. The number of halogens is 2. The fraction of sp³-hybridized carbons (Fsp3) is 0. The quantitative estimate of drug-likeness (QED) is 0.578. The third-order valence-corrected chi connectivity index (χ3v) is 5.81. The van der Waals surface area contributed by atoms with E-state index in [0.717, 1.165) is 0 Å². The van der Waals surface area contributed by atoms with Crippen molar-refractivity contribution >= 4 is 47.5 Å². The molecule has 0 amide bonds. The van der Waals surface area contributed by atoms with Crippen LogP contribution in [0.3, 0.4) is 0 Å². The van der Waals surface area contributed by atoms with Crippen LogP contribution in [0.1, 0.15) is 15.9 Å². The molecular formula is C13H6Br2O3S. The van der Waals surface area contributed by atoms with E-state index >= 15 is 0 Å². The van der Waals surface area contributed by atoms with E-state index in [-0.39, 0.29) is 26.7 Å². The zero-order valence-corrected chi connectivity index (χ0v) is 13.3. The van der Waals surface area contributed by atoms with Crippen LogP contribution < -0.4 is 0 Å². The van der Waals surface area contributed by atoms with Crippen LogP contribution in [0.5, 0.6) is 0 Å². The van der Waals surface area contributed by atoms with Crippen LogP contribution in [0.25, 0.3) is 0 Å². The van der Waals surface area contributed by atoms with Gasteiger partial charge in [0.1, 0.15) is 0 Å². The summed E-state index contributed by atoms with van der Waals surface area (Å²) in [5.41, 5.74) is 0.417. The summed E-state index contributed by atoms with van der Waals surface area (Å²) < 4.78 is 26.3. The molecule has 0 radical (unpaired) electrons. The molecule has 0 N–H and O–H groups in total. The lowest BCUT2D eigenvalue weighted by molar-refractivity contribution is 0.103. The van der Waals surface area contributed by atoms with Gasteiger partial charge in [-0.1, -0.05) is 31.9 Å². The van der Waals surface area contributed by atoms with E-state index in [2.05, 4.69) is 31.9 Å². The highest BCUT2D eigenvalue weighted by Gasteiger charge is 2.34. The summed E-state index contributed by atoms with van der Waals surface area (Å²) in [6.07, 6.45) is 0. The number of hydrogen-bond donors (Lipinski definition) is 0. The van der Waals surface area contributed by atoms with Gasteiger partial charge in [-0.15, -0.1) is 0 Å². The van der Waals surface area contributed by atoms with Crippen molar-refractivity contribution in [3.63, 3.8) is 0 Å². The van der Waals surface area contributed by atoms with E-state index in [0.29, 0.717) is 8.95 Å². The summed E-state index contributed by atoms with van der Waals surface area (Å²) >= 11 is 6.51. The molecule has 1 aliphatic rings. The Morgan fingerprint density at radius 3 is 1.63 bits per heavy atom. The van der Waals surface area contributed by atoms with Crippen molar-refractivity contribution in [3.8, 4) is 0 Å². The largest absolute Gasteiger partial charge is 0.289 e. The summed E-state index contributed by atoms with van der Waals surface area (Å²) in [6, 6.07) is 9.23. The molecule has 0 aliphatic carbocycles. The first kappa shape index (κ1) is 13.0. The number of benzene rings is 2. The summed E-state index contributed by atoms with van der Waals surface area (Å²) in [5.74, 6) is -0.276. The Balaban J connectivity index is 2.43. The van der Waals surface area contributed by atoms with Gasteiger partial charge in [-0.05, 0) is 36.4 Å². The number of sulfone groups is 1. The van der Waals surface area contributed by atoms with Gasteiger partial charge in [0.05, 0.1) is 9.79 Å². The lowest BCUT2D eigenvalue weighted by Gasteiger charge is -2.19. The van der Waals surface area contributed by atoms with E-state index in [1.807, 2.05) is 0 Å². The van der Waals surface area contributed by atoms with Crippen molar-refractivity contribution in [2.75, 3.05) is 0 Å². The minimum Gasteiger partial charge on any atom is -0.289 e. The maximum atomic E-state index is 12.5. The van der Waals surface area contributed by atoms with Crippen molar-refractivity contribution in [1.29, 1.82) is 0 Å². The third-order valence-electron chi connectivity index (χ3n) is 2.95. The van der Waals surface area contributed by atoms with Gasteiger partial charge in [-0.2, -0.15) is 0 Å². The van der Waals surface area contributed by atoms with Crippen molar-refractivity contribution in [2.24, 2.45) is 0 Å². The van der Waals surface area contributed by atoms with E-state index in [4.69, 9.17) is 0 Å². The minimum atomic E-state index is -3.63. The van der Waals surface area contributed by atoms with Crippen LogP contribution >= 0.6 is 31.9 Å². The Kier molecular flexibility index (Phi) is 2.92. The molecule has 0 spiro atoms. The van der Waals surface area contributed by atoms with Crippen LogP contribution in [0, 0.1) is 0 Å². The molecule has 19 heavy (non-hydrogen) atoms. The Bertz CT molecular complexity index is 764. The van der Waals surface area contributed by atoms with Crippen molar-refractivity contribution in [2.45, 2.75) is 9.79 Å². The molecule has 3 nitrogen and oxygen atoms in total. The average molecular weight is 402 g/mol. The second-order valence-corrected chi connectivity index (χ2v) is 7.83. The Labute approximate surface area is 126 Å². The molecule has 1 aliphatic heterocycles. The van der Waals surface area contributed by atoms with Crippen molar-refractivity contribution < 1.29 is 13.2 Å². The molecule has 0 saturated heterocycles. The SMILES string of the molecule is O=C1c2cc(Br)ccc2S(=O)(=O)c2ccc(Br)cc21. The standard InChI is InChI=1S/C13H6Br2O3S/c14-7-1-3-11-9(5-7)13(16)10-6-8(15)2-4-12(10)19(11,17)18/h1-6H. The van der Waals surface area contributed by atoms with Crippen LogP contribution in [0.2, 0.25) is 0 Å². The molecule has 0 atom stereocenters. The predicted molar refractivity (Wildman–Crippen MR) is 77.2 cm³/mol. The molecule has 2 aromatic rings. The number of carbonyl (C=O) groups is 1. The van der Waals surface area contributed by atoms with Crippen LogP contribution in [0.4, 0.5) is 0 Å². The van der Waals surface area contributed by atoms with Gasteiger partial charge in [-0.3, -0.25) is 4.79 Å². The molecule has 0 aromatic heterocycles. The van der Waals surface area contributed by atoms with Gasteiger partial charge < -0.3 is 0 Å². The molecule has 3 rings (SSSR count). The van der Waals surface area contributed by atoms with E-state index in [1.54, 1.807) is 24.3 Å². The van der Waals surface area contributed by atoms with Crippen molar-refractivity contribution in [1.82, 2.24) is 0 Å². The van der Waals surface area contributed by atoms with Gasteiger partial charge in [0.25, 0.3) is 0 Å². The van der Waals surface area contributed by atoms with Crippen LogP contribution in [0.15, 0.2) is 55.1 Å². The Morgan fingerprint density at radius 1 is 0.789 bits per heavy atom. The highest BCUT2D eigenvalue weighted by atomic mass is 79.9. The molecule has 96 valence electrons. The highest BCUT2D eigenvalue weighted by Crippen LogP contribution is 2.36. The summed E-state index contributed by atoms with van der Waals surface area (Å²) in [5, 5.41) is 0. The fourth-order valence-corrected chi connectivity index (χ4v) is 4.43. The number of ketones is 1. The summed E-state index contributed by atoms with van der Waals surface area (Å²) in [6.45, 7) is 0. The average Bonchev–Trinajstić information content (AvgIpc) is 2.35. The molecule has 6 heteroatoms. The maximum Gasteiger partial charge on any atom is 0.208 e. The van der Waals surface area contributed by atoms with Crippen LogP contribution in [-0.2, 0) is 9.84 Å². The molecule has 0 saturated carbocycles. The normalized spacial score (nSPS) is 15.8. The molecular weight excluding hydrogens is 396 g/mol. The van der Waals surface area contributed by atoms with Gasteiger partial charge in [0.15, 0.2) is 5.78 Å². The monoisotopic (exact) mass is 400 g/mol. The second kappa shape index (κ2) is 4.26. The number of fused-ring (bicyclic) bond motifs is 2. The molecule has 0 bridgehead atoms. The van der Waals surface area contributed by atoms with E-state index in [1.165, 1.54) is 12.1 Å². The van der Waals surface area contributed by atoms with Gasteiger partial charge >= 0.3 is 0 Å². The fourth-order valence-electron chi connectivity index (χ4n) is 2.09. The van der Waals surface area contributed by atoms with Crippen LogP contribution in [-0.4, -0.2) is 14.2 Å². The summed E-state index contributed by atoms with van der Waals surface area (Å²) in [7, 11) is -3.63. The van der Waals surface area contributed by atoms with Gasteiger partial charge in [-0.25, -0.2) is 8.42 Å². The maximum absolute atomic E-state index is 12.5. The first-order valence-electron chi connectivity index (χ1n) is 5.30. The smallest absolute Gasteiger partial charge is 0.208 e. The predicted octanol–water partition coefficient (Wildman–Crippen LogP) is 3.59.